The lowest BCUT2D eigenvalue weighted by atomic mass is 9.94. The Morgan fingerprint density at radius 3 is 2.60 bits per heavy atom. The number of rotatable bonds is 1. The number of piperazine rings is 1. The summed E-state index contributed by atoms with van der Waals surface area (Å²) < 4.78 is 38.4. The predicted molar refractivity (Wildman–Crippen MR) is 72.9 cm³/mol. The highest BCUT2D eigenvalue weighted by Gasteiger charge is 2.38. The highest BCUT2D eigenvalue weighted by atomic mass is 19.4. The number of nitrogens with one attached hydrogen (secondary N) is 1. The van der Waals surface area contributed by atoms with Crippen LogP contribution in [0.4, 0.5) is 18.9 Å². The smallest absolute Gasteiger partial charge is 0.368 e. The first-order valence-electron chi connectivity index (χ1n) is 7.16. The number of halogens is 3. The van der Waals surface area contributed by atoms with Gasteiger partial charge in [0.2, 0.25) is 0 Å². The van der Waals surface area contributed by atoms with E-state index in [2.05, 4.69) is 10.2 Å². The molecule has 1 aromatic carbocycles. The van der Waals surface area contributed by atoms with Gasteiger partial charge in [-0.25, -0.2) is 0 Å². The van der Waals surface area contributed by atoms with E-state index < -0.39 is 11.7 Å². The minimum absolute atomic E-state index is 0.118. The maximum atomic E-state index is 12.8. The highest BCUT2D eigenvalue weighted by molar-refractivity contribution is 5.50. The van der Waals surface area contributed by atoms with Crippen LogP contribution in [0.15, 0.2) is 24.3 Å². The Morgan fingerprint density at radius 1 is 1.15 bits per heavy atom. The number of hydrogen-bond donors (Lipinski definition) is 1. The van der Waals surface area contributed by atoms with Crippen LogP contribution < -0.4 is 10.2 Å². The summed E-state index contributed by atoms with van der Waals surface area (Å²) in [5.74, 6) is 0. The van der Waals surface area contributed by atoms with Gasteiger partial charge in [-0.2, -0.15) is 13.2 Å². The van der Waals surface area contributed by atoms with Crippen molar-refractivity contribution in [1.82, 2.24) is 5.32 Å². The fourth-order valence-corrected chi connectivity index (χ4v) is 3.44. The van der Waals surface area contributed by atoms with E-state index in [0.29, 0.717) is 5.69 Å². The van der Waals surface area contributed by atoms with Gasteiger partial charge in [-0.3, -0.25) is 0 Å². The Kier molecular flexibility index (Phi) is 3.40. The lowest BCUT2D eigenvalue weighted by Gasteiger charge is -2.42. The largest absolute Gasteiger partial charge is 0.416 e. The first-order chi connectivity index (χ1) is 9.49. The summed E-state index contributed by atoms with van der Waals surface area (Å²) in [6, 6.07) is 5.69. The van der Waals surface area contributed by atoms with Crippen molar-refractivity contribution >= 4 is 5.69 Å². The lowest BCUT2D eigenvalue weighted by Crippen LogP contribution is -2.59. The molecule has 0 bridgehead atoms. The van der Waals surface area contributed by atoms with Gasteiger partial charge in [0.05, 0.1) is 5.56 Å². The van der Waals surface area contributed by atoms with E-state index in [1.54, 1.807) is 6.07 Å². The molecule has 1 aromatic rings. The lowest BCUT2D eigenvalue weighted by molar-refractivity contribution is -0.137. The number of anilines is 1. The Morgan fingerprint density at radius 2 is 1.90 bits per heavy atom. The molecule has 0 aromatic heterocycles. The number of benzene rings is 1. The van der Waals surface area contributed by atoms with Crippen LogP contribution in [0.5, 0.6) is 0 Å². The van der Waals surface area contributed by atoms with Crippen LogP contribution in [0.25, 0.3) is 0 Å². The number of alkyl halides is 3. The average molecular weight is 284 g/mol. The molecule has 2 fully saturated rings. The third-order valence-corrected chi connectivity index (χ3v) is 4.47. The zero-order chi connectivity index (χ0) is 14.2. The average Bonchev–Trinajstić information content (AvgIpc) is 2.86. The molecule has 20 heavy (non-hydrogen) atoms. The molecule has 3 rings (SSSR count). The maximum Gasteiger partial charge on any atom is 0.416 e. The maximum absolute atomic E-state index is 12.8. The van der Waals surface area contributed by atoms with Crippen LogP contribution >= 0.6 is 0 Å². The molecular weight excluding hydrogens is 265 g/mol. The highest BCUT2D eigenvalue weighted by Crippen LogP contribution is 2.35. The molecule has 1 spiro atoms. The van der Waals surface area contributed by atoms with Gasteiger partial charge in [0, 0.05) is 30.9 Å². The van der Waals surface area contributed by atoms with Crippen LogP contribution in [0, 0.1) is 0 Å². The molecule has 0 unspecified atom stereocenters. The van der Waals surface area contributed by atoms with E-state index in [-0.39, 0.29) is 5.54 Å². The summed E-state index contributed by atoms with van der Waals surface area (Å²) in [7, 11) is 0. The van der Waals surface area contributed by atoms with Crippen molar-refractivity contribution in [2.75, 3.05) is 24.5 Å². The standard InChI is InChI=1S/C15H19F3N2/c16-15(17,18)12-4-3-5-13(10-12)20-9-8-19-14(11-20)6-1-2-7-14/h3-5,10,19H,1-2,6-9,11H2. The van der Waals surface area contributed by atoms with Gasteiger partial charge < -0.3 is 10.2 Å². The van der Waals surface area contributed by atoms with E-state index in [0.717, 1.165) is 38.5 Å². The normalized spacial score (nSPS) is 22.4. The summed E-state index contributed by atoms with van der Waals surface area (Å²) in [4.78, 5) is 2.09. The molecule has 0 radical (unpaired) electrons. The van der Waals surface area contributed by atoms with Crippen molar-refractivity contribution < 1.29 is 13.2 Å². The molecule has 110 valence electrons. The fraction of sp³-hybridized carbons (Fsp3) is 0.600. The molecule has 5 heteroatoms. The van der Waals surface area contributed by atoms with Crippen LogP contribution in [0.3, 0.4) is 0 Å². The second kappa shape index (κ2) is 4.95. The molecule has 0 atom stereocenters. The third kappa shape index (κ3) is 2.64. The summed E-state index contributed by atoms with van der Waals surface area (Å²) in [5.41, 5.74) is 0.244. The van der Waals surface area contributed by atoms with Crippen LogP contribution in [0.2, 0.25) is 0 Å². The molecule has 0 amide bonds. The predicted octanol–water partition coefficient (Wildman–Crippen LogP) is 3.43. The van der Waals surface area contributed by atoms with Gasteiger partial charge in [-0.15, -0.1) is 0 Å². The molecule has 1 saturated heterocycles. The van der Waals surface area contributed by atoms with Gasteiger partial charge in [0.25, 0.3) is 0 Å². The van der Waals surface area contributed by atoms with Crippen LogP contribution in [-0.4, -0.2) is 25.2 Å². The molecular formula is C15H19F3N2. The minimum Gasteiger partial charge on any atom is -0.368 e. The van der Waals surface area contributed by atoms with Gasteiger partial charge in [0.15, 0.2) is 0 Å². The Bertz CT molecular complexity index is 478. The zero-order valence-corrected chi connectivity index (χ0v) is 11.3. The SMILES string of the molecule is FC(F)(F)c1cccc(N2CCNC3(CCCC3)C2)c1. The molecule has 2 nitrogen and oxygen atoms in total. The quantitative estimate of drug-likeness (QED) is 0.850. The Balaban J connectivity index is 1.82. The summed E-state index contributed by atoms with van der Waals surface area (Å²) in [5, 5.41) is 3.58. The number of nitrogens with zero attached hydrogens (tertiary/aromatic N) is 1. The zero-order valence-electron chi connectivity index (χ0n) is 11.3. The topological polar surface area (TPSA) is 15.3 Å². The Hall–Kier alpha value is -1.23. The molecule has 2 aliphatic rings. The van der Waals surface area contributed by atoms with E-state index in [9.17, 15) is 13.2 Å². The first-order valence-corrected chi connectivity index (χ1v) is 7.16. The molecule has 1 N–H and O–H groups in total. The second-order valence-electron chi connectivity index (χ2n) is 5.88. The van der Waals surface area contributed by atoms with E-state index in [1.807, 2.05) is 0 Å². The van der Waals surface area contributed by atoms with Crippen LogP contribution in [0.1, 0.15) is 31.2 Å². The van der Waals surface area contributed by atoms with E-state index in [1.165, 1.54) is 25.0 Å². The van der Waals surface area contributed by atoms with Crippen molar-refractivity contribution in [3.63, 3.8) is 0 Å². The molecule has 1 aliphatic carbocycles. The summed E-state index contributed by atoms with van der Waals surface area (Å²) >= 11 is 0. The van der Waals surface area contributed by atoms with Gasteiger partial charge in [0.1, 0.15) is 0 Å². The van der Waals surface area contributed by atoms with Gasteiger partial charge in [-0.1, -0.05) is 18.9 Å². The van der Waals surface area contributed by atoms with Crippen molar-refractivity contribution in [2.24, 2.45) is 0 Å². The molecule has 1 aliphatic heterocycles. The Labute approximate surface area is 117 Å². The van der Waals surface area contributed by atoms with Gasteiger partial charge in [-0.05, 0) is 31.0 Å². The van der Waals surface area contributed by atoms with Crippen molar-refractivity contribution in [2.45, 2.75) is 37.4 Å². The summed E-state index contributed by atoms with van der Waals surface area (Å²) in [6.07, 6.45) is 0.410. The van der Waals surface area contributed by atoms with Crippen molar-refractivity contribution in [3.8, 4) is 0 Å². The van der Waals surface area contributed by atoms with Crippen molar-refractivity contribution in [1.29, 1.82) is 0 Å². The monoisotopic (exact) mass is 284 g/mol. The first kappa shape index (κ1) is 13.7. The fourth-order valence-electron chi connectivity index (χ4n) is 3.44. The summed E-state index contributed by atoms with van der Waals surface area (Å²) in [6.45, 7) is 2.42. The van der Waals surface area contributed by atoms with E-state index >= 15 is 0 Å². The minimum atomic E-state index is -4.27. The van der Waals surface area contributed by atoms with E-state index in [4.69, 9.17) is 0 Å². The second-order valence-corrected chi connectivity index (χ2v) is 5.88. The van der Waals surface area contributed by atoms with Gasteiger partial charge >= 0.3 is 6.18 Å². The third-order valence-electron chi connectivity index (χ3n) is 4.47. The molecule has 1 saturated carbocycles. The van der Waals surface area contributed by atoms with Crippen LogP contribution in [-0.2, 0) is 6.18 Å². The number of hydrogen-bond acceptors (Lipinski definition) is 2. The van der Waals surface area contributed by atoms with Crippen molar-refractivity contribution in [3.05, 3.63) is 29.8 Å². The molecule has 1 heterocycles.